The predicted molar refractivity (Wildman–Crippen MR) is 70.2 cm³/mol. The first-order valence-electron chi connectivity index (χ1n) is 5.93. The molecule has 0 aliphatic carbocycles. The molecule has 0 aliphatic heterocycles. The van der Waals surface area contributed by atoms with Crippen LogP contribution in [-0.4, -0.2) is 15.1 Å². The largest absolute Gasteiger partial charge is 0.326 e. The first-order valence-corrected chi connectivity index (χ1v) is 5.93. The van der Waals surface area contributed by atoms with Gasteiger partial charge in [-0.25, -0.2) is 4.79 Å². The van der Waals surface area contributed by atoms with Gasteiger partial charge in [-0.05, 0) is 32.4 Å². The van der Waals surface area contributed by atoms with E-state index < -0.39 is 5.54 Å². The number of imidazole rings is 1. The topological polar surface area (TPSA) is 63.8 Å². The van der Waals surface area contributed by atoms with E-state index in [0.717, 1.165) is 17.5 Å². The van der Waals surface area contributed by atoms with E-state index in [1.54, 1.807) is 4.57 Å². The molecule has 1 aromatic carbocycles. The number of hydrogen-bond donors (Lipinski definition) is 2. The highest BCUT2D eigenvalue weighted by atomic mass is 16.1. The van der Waals surface area contributed by atoms with Gasteiger partial charge in [0.15, 0.2) is 0 Å². The minimum Gasteiger partial charge on any atom is -0.324 e. The zero-order chi connectivity index (χ0) is 12.6. The molecule has 0 spiro atoms. The quantitative estimate of drug-likeness (QED) is 0.851. The van der Waals surface area contributed by atoms with Gasteiger partial charge in [0, 0.05) is 5.54 Å². The third-order valence-electron chi connectivity index (χ3n) is 3.18. The lowest BCUT2D eigenvalue weighted by Crippen LogP contribution is -2.44. The number of nitrogens with two attached hydrogens (primary N) is 1. The van der Waals surface area contributed by atoms with Crippen molar-refractivity contribution in [2.75, 3.05) is 0 Å². The van der Waals surface area contributed by atoms with E-state index in [9.17, 15) is 4.79 Å². The molecular weight excluding hydrogens is 214 g/mol. The van der Waals surface area contributed by atoms with Crippen molar-refractivity contribution >= 4 is 11.0 Å². The summed E-state index contributed by atoms with van der Waals surface area (Å²) in [6.07, 6.45) is 0.825. The smallest absolute Gasteiger partial charge is 0.324 e. The Kier molecular flexibility index (Phi) is 2.83. The van der Waals surface area contributed by atoms with Gasteiger partial charge in [0.2, 0.25) is 0 Å². The molecule has 2 rings (SSSR count). The molecule has 1 unspecified atom stereocenters. The van der Waals surface area contributed by atoms with Gasteiger partial charge in [-0.2, -0.15) is 0 Å². The summed E-state index contributed by atoms with van der Waals surface area (Å²) in [6.45, 7) is 5.96. The predicted octanol–water partition coefficient (Wildman–Crippen LogP) is 2.02. The maximum absolute atomic E-state index is 12.0. The molecule has 4 nitrogen and oxygen atoms in total. The van der Waals surface area contributed by atoms with Crippen molar-refractivity contribution in [2.45, 2.75) is 38.8 Å². The molecule has 3 N–H and O–H groups in total. The van der Waals surface area contributed by atoms with E-state index in [-0.39, 0.29) is 11.7 Å². The zero-order valence-electron chi connectivity index (χ0n) is 10.5. The fraction of sp³-hybridized carbons (Fsp3) is 0.462. The molecule has 0 saturated heterocycles. The number of para-hydroxylation sites is 2. The standard InChI is InChI=1S/C13H19N3O/c1-4-11(13(2,3)14)16-10-8-6-5-7-9(10)15-12(16)17/h5-8,11H,4,14H2,1-3H3,(H,15,17). The monoisotopic (exact) mass is 233 g/mol. The van der Waals surface area contributed by atoms with Crippen LogP contribution in [0.5, 0.6) is 0 Å². The third kappa shape index (κ3) is 2.00. The first-order chi connectivity index (χ1) is 7.95. The summed E-state index contributed by atoms with van der Waals surface area (Å²) < 4.78 is 1.77. The van der Waals surface area contributed by atoms with E-state index in [1.165, 1.54) is 0 Å². The van der Waals surface area contributed by atoms with Gasteiger partial charge in [0.25, 0.3) is 0 Å². The number of hydrogen-bond acceptors (Lipinski definition) is 2. The molecule has 0 bridgehead atoms. The highest BCUT2D eigenvalue weighted by Crippen LogP contribution is 2.25. The number of benzene rings is 1. The average molecular weight is 233 g/mol. The van der Waals surface area contributed by atoms with E-state index in [2.05, 4.69) is 4.98 Å². The summed E-state index contributed by atoms with van der Waals surface area (Å²) in [7, 11) is 0. The number of nitrogens with one attached hydrogen (secondary N) is 1. The van der Waals surface area contributed by atoms with Crippen LogP contribution >= 0.6 is 0 Å². The maximum Gasteiger partial charge on any atom is 0.326 e. The summed E-state index contributed by atoms with van der Waals surface area (Å²) in [6, 6.07) is 7.69. The molecule has 0 saturated carbocycles. The summed E-state index contributed by atoms with van der Waals surface area (Å²) in [5, 5.41) is 0. The molecule has 4 heteroatoms. The number of aromatic amines is 1. The number of rotatable bonds is 3. The second kappa shape index (κ2) is 4.04. The Morgan fingerprint density at radius 2 is 2.06 bits per heavy atom. The molecule has 92 valence electrons. The van der Waals surface area contributed by atoms with E-state index in [0.29, 0.717) is 0 Å². The number of aromatic nitrogens is 2. The second-order valence-corrected chi connectivity index (χ2v) is 5.06. The Balaban J connectivity index is 2.69. The minimum atomic E-state index is -0.427. The molecule has 0 fully saturated rings. The summed E-state index contributed by atoms with van der Waals surface area (Å²) in [5.41, 5.74) is 7.43. The SMILES string of the molecule is CCC(n1c(=O)[nH]c2ccccc21)C(C)(C)N. The molecule has 0 radical (unpaired) electrons. The van der Waals surface area contributed by atoms with Crippen LogP contribution in [0, 0.1) is 0 Å². The highest BCUT2D eigenvalue weighted by Gasteiger charge is 2.27. The summed E-state index contributed by atoms with van der Waals surface area (Å²) in [5.74, 6) is 0. The van der Waals surface area contributed by atoms with Gasteiger partial charge in [0.1, 0.15) is 0 Å². The minimum absolute atomic E-state index is 0.00819. The fourth-order valence-corrected chi connectivity index (χ4v) is 2.43. The van der Waals surface area contributed by atoms with Crippen LogP contribution in [0.1, 0.15) is 33.2 Å². The van der Waals surface area contributed by atoms with E-state index in [4.69, 9.17) is 5.73 Å². The van der Waals surface area contributed by atoms with Crippen molar-refractivity contribution in [3.05, 3.63) is 34.7 Å². The van der Waals surface area contributed by atoms with Gasteiger partial charge < -0.3 is 10.7 Å². The number of nitrogens with zero attached hydrogens (tertiary/aromatic N) is 1. The van der Waals surface area contributed by atoms with Crippen molar-refractivity contribution in [2.24, 2.45) is 5.73 Å². The highest BCUT2D eigenvalue weighted by molar-refractivity contribution is 5.75. The van der Waals surface area contributed by atoms with Crippen LogP contribution in [-0.2, 0) is 0 Å². The maximum atomic E-state index is 12.0. The average Bonchev–Trinajstić information content (AvgIpc) is 2.55. The van der Waals surface area contributed by atoms with Crippen molar-refractivity contribution in [1.82, 2.24) is 9.55 Å². The third-order valence-corrected chi connectivity index (χ3v) is 3.18. The summed E-state index contributed by atoms with van der Waals surface area (Å²) in [4.78, 5) is 14.9. The van der Waals surface area contributed by atoms with Gasteiger partial charge in [-0.1, -0.05) is 19.1 Å². The molecule has 0 amide bonds. The van der Waals surface area contributed by atoms with Crippen LogP contribution in [0.15, 0.2) is 29.1 Å². The molecule has 0 aliphatic rings. The van der Waals surface area contributed by atoms with Gasteiger partial charge in [-0.3, -0.25) is 4.57 Å². The molecule has 1 heterocycles. The Hall–Kier alpha value is -1.55. The normalized spacial score (nSPS) is 14.1. The van der Waals surface area contributed by atoms with Crippen LogP contribution in [0.2, 0.25) is 0 Å². The van der Waals surface area contributed by atoms with Gasteiger partial charge in [0.05, 0.1) is 17.1 Å². The van der Waals surface area contributed by atoms with E-state index >= 15 is 0 Å². The lowest BCUT2D eigenvalue weighted by molar-refractivity contribution is 0.309. The first kappa shape index (κ1) is 11.9. The Morgan fingerprint density at radius 1 is 1.41 bits per heavy atom. The zero-order valence-corrected chi connectivity index (χ0v) is 10.5. The van der Waals surface area contributed by atoms with Crippen LogP contribution < -0.4 is 11.4 Å². The molecule has 1 atom stereocenters. The van der Waals surface area contributed by atoms with Crippen LogP contribution in [0.4, 0.5) is 0 Å². The van der Waals surface area contributed by atoms with Crippen LogP contribution in [0.3, 0.4) is 0 Å². The van der Waals surface area contributed by atoms with Crippen molar-refractivity contribution in [1.29, 1.82) is 0 Å². The van der Waals surface area contributed by atoms with E-state index in [1.807, 2.05) is 45.0 Å². The molecular formula is C13H19N3O. The Labute approximate surface area is 100 Å². The van der Waals surface area contributed by atoms with Gasteiger partial charge >= 0.3 is 5.69 Å². The number of fused-ring (bicyclic) bond motifs is 1. The Morgan fingerprint density at radius 3 is 2.65 bits per heavy atom. The molecule has 1 aromatic heterocycles. The van der Waals surface area contributed by atoms with Crippen molar-refractivity contribution < 1.29 is 0 Å². The fourth-order valence-electron chi connectivity index (χ4n) is 2.43. The second-order valence-electron chi connectivity index (χ2n) is 5.06. The van der Waals surface area contributed by atoms with Crippen LogP contribution in [0.25, 0.3) is 11.0 Å². The lowest BCUT2D eigenvalue weighted by Gasteiger charge is -2.30. The summed E-state index contributed by atoms with van der Waals surface area (Å²) >= 11 is 0. The Bertz CT molecular complexity index is 574. The van der Waals surface area contributed by atoms with Crippen molar-refractivity contribution in [3.63, 3.8) is 0 Å². The lowest BCUT2D eigenvalue weighted by atomic mass is 9.93. The number of H-pyrrole nitrogens is 1. The molecule has 17 heavy (non-hydrogen) atoms. The van der Waals surface area contributed by atoms with Gasteiger partial charge in [-0.15, -0.1) is 0 Å². The van der Waals surface area contributed by atoms with Crippen molar-refractivity contribution in [3.8, 4) is 0 Å². The molecule has 2 aromatic rings.